The van der Waals surface area contributed by atoms with Gasteiger partial charge in [-0.1, -0.05) is 25.4 Å². The van der Waals surface area contributed by atoms with Crippen LogP contribution < -0.4 is 0 Å². The summed E-state index contributed by atoms with van der Waals surface area (Å²) in [5.74, 6) is -0.925. The highest BCUT2D eigenvalue weighted by atomic mass is 35.5. The zero-order valence-electron chi connectivity index (χ0n) is 7.71. The van der Waals surface area contributed by atoms with Crippen molar-refractivity contribution in [1.29, 1.82) is 0 Å². The smallest absolute Gasteiger partial charge is 0.357 e. The van der Waals surface area contributed by atoms with Crippen LogP contribution in [0, 0.1) is 0 Å². The van der Waals surface area contributed by atoms with Crippen LogP contribution in [0.25, 0.3) is 0 Å². The number of carbonyl (C=O) groups is 1. The number of hydrogen-bond donors (Lipinski definition) is 1. The van der Waals surface area contributed by atoms with Crippen LogP contribution in [0.1, 0.15) is 35.9 Å². The van der Waals surface area contributed by atoms with Crippen LogP contribution in [-0.2, 0) is 7.05 Å². The molecule has 0 bridgehead atoms. The number of aromatic nitrogens is 2. The Balaban J connectivity index is 3.30. The lowest BCUT2D eigenvalue weighted by molar-refractivity contribution is 0.0690. The minimum atomic E-state index is -1.09. The van der Waals surface area contributed by atoms with E-state index in [1.807, 2.05) is 13.8 Å². The van der Waals surface area contributed by atoms with Gasteiger partial charge in [-0.2, -0.15) is 5.10 Å². The van der Waals surface area contributed by atoms with Crippen molar-refractivity contribution in [2.24, 2.45) is 7.05 Å². The Morgan fingerprint density at radius 1 is 1.62 bits per heavy atom. The highest BCUT2D eigenvalue weighted by Gasteiger charge is 2.20. The third-order valence-corrected chi connectivity index (χ3v) is 2.15. The molecule has 0 aliphatic rings. The highest BCUT2D eigenvalue weighted by molar-refractivity contribution is 6.34. The van der Waals surface area contributed by atoms with E-state index in [9.17, 15) is 4.79 Å². The van der Waals surface area contributed by atoms with E-state index in [4.69, 9.17) is 16.7 Å². The van der Waals surface area contributed by atoms with Gasteiger partial charge in [-0.25, -0.2) is 4.79 Å². The van der Waals surface area contributed by atoms with E-state index in [0.29, 0.717) is 0 Å². The maximum atomic E-state index is 10.6. The van der Waals surface area contributed by atoms with Gasteiger partial charge in [-0.3, -0.25) is 4.68 Å². The van der Waals surface area contributed by atoms with Crippen LogP contribution in [-0.4, -0.2) is 20.9 Å². The molecule has 1 aromatic rings. The lowest BCUT2D eigenvalue weighted by Gasteiger charge is -2.04. The Morgan fingerprint density at radius 3 is 2.38 bits per heavy atom. The molecule has 5 heteroatoms. The summed E-state index contributed by atoms with van der Waals surface area (Å²) in [4.78, 5) is 10.6. The zero-order chi connectivity index (χ0) is 10.2. The zero-order valence-corrected chi connectivity index (χ0v) is 8.46. The van der Waals surface area contributed by atoms with Crippen molar-refractivity contribution in [3.05, 3.63) is 16.4 Å². The summed E-state index contributed by atoms with van der Waals surface area (Å²) >= 11 is 5.86. The lowest BCUT2D eigenvalue weighted by Crippen LogP contribution is -2.01. The molecular weight excluding hydrogens is 192 g/mol. The summed E-state index contributed by atoms with van der Waals surface area (Å²) in [5, 5.41) is 12.8. The van der Waals surface area contributed by atoms with Crippen LogP contribution in [0.4, 0.5) is 0 Å². The molecule has 72 valence electrons. The second-order valence-corrected chi connectivity index (χ2v) is 3.51. The Hall–Kier alpha value is -1.03. The van der Waals surface area contributed by atoms with Crippen LogP contribution in [0.3, 0.4) is 0 Å². The standard InChI is InChI=1S/C8H11ClN2O2/c1-4(2)7-5(9)6(8(12)13)10-11(7)3/h4H,1-3H3,(H,12,13). The van der Waals surface area contributed by atoms with E-state index < -0.39 is 5.97 Å². The molecule has 0 fully saturated rings. The topological polar surface area (TPSA) is 55.1 Å². The highest BCUT2D eigenvalue weighted by Crippen LogP contribution is 2.26. The largest absolute Gasteiger partial charge is 0.476 e. The molecule has 1 aromatic heterocycles. The van der Waals surface area contributed by atoms with Crippen molar-refractivity contribution in [3.8, 4) is 0 Å². The molecule has 0 spiro atoms. The molecule has 4 nitrogen and oxygen atoms in total. The predicted molar refractivity (Wildman–Crippen MR) is 49.3 cm³/mol. The quantitative estimate of drug-likeness (QED) is 0.797. The van der Waals surface area contributed by atoms with E-state index in [2.05, 4.69) is 5.10 Å². The van der Waals surface area contributed by atoms with Crippen molar-refractivity contribution in [2.45, 2.75) is 19.8 Å². The van der Waals surface area contributed by atoms with Crippen LogP contribution >= 0.6 is 11.6 Å². The average molecular weight is 203 g/mol. The summed E-state index contributed by atoms with van der Waals surface area (Å²) in [6.07, 6.45) is 0. The van der Waals surface area contributed by atoms with Crippen LogP contribution in [0.5, 0.6) is 0 Å². The van der Waals surface area contributed by atoms with Crippen molar-refractivity contribution in [2.75, 3.05) is 0 Å². The number of nitrogens with zero attached hydrogens (tertiary/aromatic N) is 2. The van der Waals surface area contributed by atoms with Gasteiger partial charge in [0.1, 0.15) is 0 Å². The Morgan fingerprint density at radius 2 is 2.15 bits per heavy atom. The molecule has 0 aromatic carbocycles. The van der Waals surface area contributed by atoms with Gasteiger partial charge in [0.05, 0.1) is 10.7 Å². The van der Waals surface area contributed by atoms with E-state index in [1.165, 1.54) is 4.68 Å². The van der Waals surface area contributed by atoms with E-state index >= 15 is 0 Å². The first kappa shape index (κ1) is 10.1. The molecule has 0 radical (unpaired) electrons. The van der Waals surface area contributed by atoms with E-state index in [-0.39, 0.29) is 16.6 Å². The summed E-state index contributed by atoms with van der Waals surface area (Å²) in [5.41, 5.74) is 0.673. The number of aromatic carboxylic acids is 1. The van der Waals surface area contributed by atoms with Gasteiger partial charge < -0.3 is 5.11 Å². The second kappa shape index (κ2) is 3.38. The number of halogens is 1. The predicted octanol–water partition coefficient (Wildman–Crippen LogP) is 1.90. The fourth-order valence-electron chi connectivity index (χ4n) is 1.27. The molecule has 0 aliphatic carbocycles. The number of carboxylic acid groups (broad SMARTS) is 1. The monoisotopic (exact) mass is 202 g/mol. The number of hydrogen-bond acceptors (Lipinski definition) is 2. The average Bonchev–Trinajstić information content (AvgIpc) is 2.26. The first-order chi connectivity index (χ1) is 5.95. The Kier molecular flexibility index (Phi) is 2.61. The first-order valence-electron chi connectivity index (χ1n) is 3.90. The summed E-state index contributed by atoms with van der Waals surface area (Å²) in [6.45, 7) is 3.88. The van der Waals surface area contributed by atoms with Crippen LogP contribution in [0.2, 0.25) is 5.02 Å². The van der Waals surface area contributed by atoms with Crippen molar-refractivity contribution >= 4 is 17.6 Å². The van der Waals surface area contributed by atoms with Crippen molar-refractivity contribution in [1.82, 2.24) is 9.78 Å². The van der Waals surface area contributed by atoms with E-state index in [1.54, 1.807) is 7.05 Å². The third kappa shape index (κ3) is 1.67. The fourth-order valence-corrected chi connectivity index (χ4v) is 1.73. The fraction of sp³-hybridized carbons (Fsp3) is 0.500. The van der Waals surface area contributed by atoms with Gasteiger partial charge >= 0.3 is 5.97 Å². The van der Waals surface area contributed by atoms with Gasteiger partial charge in [0, 0.05) is 7.05 Å². The molecule has 0 unspecified atom stereocenters. The van der Waals surface area contributed by atoms with Gasteiger partial charge in [0.25, 0.3) is 0 Å². The maximum absolute atomic E-state index is 10.6. The SMILES string of the molecule is CC(C)c1c(Cl)c(C(=O)O)nn1C. The second-order valence-electron chi connectivity index (χ2n) is 3.13. The number of aryl methyl sites for hydroxylation is 1. The molecule has 1 heterocycles. The Labute approximate surface area is 81.1 Å². The summed E-state index contributed by atoms with van der Waals surface area (Å²) in [7, 11) is 1.69. The molecule has 1 N–H and O–H groups in total. The van der Waals surface area contributed by atoms with Gasteiger partial charge in [0.2, 0.25) is 0 Å². The lowest BCUT2D eigenvalue weighted by atomic mass is 10.1. The van der Waals surface area contributed by atoms with Crippen molar-refractivity contribution < 1.29 is 9.90 Å². The number of carboxylic acids is 1. The van der Waals surface area contributed by atoms with Crippen LogP contribution in [0.15, 0.2) is 0 Å². The third-order valence-electron chi connectivity index (χ3n) is 1.78. The molecule has 0 aliphatic heterocycles. The summed E-state index contributed by atoms with van der Waals surface area (Å²) in [6, 6.07) is 0. The number of rotatable bonds is 2. The minimum absolute atomic E-state index is 0.0760. The van der Waals surface area contributed by atoms with Gasteiger partial charge in [-0.05, 0) is 5.92 Å². The molecule has 0 saturated heterocycles. The molecule has 0 amide bonds. The van der Waals surface area contributed by atoms with Crippen molar-refractivity contribution in [3.63, 3.8) is 0 Å². The molecule has 0 saturated carbocycles. The van der Waals surface area contributed by atoms with Gasteiger partial charge in [0.15, 0.2) is 5.69 Å². The maximum Gasteiger partial charge on any atom is 0.357 e. The first-order valence-corrected chi connectivity index (χ1v) is 4.28. The molecule has 1 rings (SSSR count). The molecular formula is C8H11ClN2O2. The van der Waals surface area contributed by atoms with Gasteiger partial charge in [-0.15, -0.1) is 0 Å². The Bertz CT molecular complexity index is 344. The molecule has 13 heavy (non-hydrogen) atoms. The minimum Gasteiger partial charge on any atom is -0.476 e. The summed E-state index contributed by atoms with van der Waals surface area (Å²) < 4.78 is 1.51. The molecule has 0 atom stereocenters. The van der Waals surface area contributed by atoms with E-state index in [0.717, 1.165) is 5.69 Å². The normalized spacial score (nSPS) is 10.8.